The van der Waals surface area contributed by atoms with Gasteiger partial charge in [0.05, 0.1) is 44.7 Å². The number of hydrogen-bond donors (Lipinski definition) is 2. The number of carbonyl (C=O) groups excluding carboxylic acids is 1. The smallest absolute Gasteiger partial charge is 0.197 e. The fourth-order valence-corrected chi connectivity index (χ4v) is 4.52. The zero-order valence-corrected chi connectivity index (χ0v) is 25.3. The van der Waals surface area contributed by atoms with Gasteiger partial charge in [-0.2, -0.15) is 0 Å². The summed E-state index contributed by atoms with van der Waals surface area (Å²) in [7, 11) is 3.42. The van der Waals surface area contributed by atoms with Crippen LogP contribution < -0.4 is 19.1 Å². The Kier molecular flexibility index (Phi) is 12.3. The summed E-state index contributed by atoms with van der Waals surface area (Å²) in [5.41, 5.74) is 2.40. The van der Waals surface area contributed by atoms with Crippen molar-refractivity contribution in [1.29, 1.82) is 5.41 Å². The highest BCUT2D eigenvalue weighted by atomic mass is 35.5. The standard InChI is InChI=1S/C28H38FN3O5.2ClH/c1-8-36-22-14-18-15-32(27(30)23(18)24(29)26(22)37-9-2)16-21(34)17-12-19(28(3,4)5)25(35-7)20(13-17)31(6)10-11-33;;/h12-14,30,33H,8-11,15-16H2,1-7H3;2*1H. The summed E-state index contributed by atoms with van der Waals surface area (Å²) in [5.74, 6) is 0.0166. The van der Waals surface area contributed by atoms with Crippen LogP contribution in [0.25, 0.3) is 0 Å². The first-order valence-electron chi connectivity index (χ1n) is 12.5. The normalized spacial score (nSPS) is 12.3. The number of methoxy groups -OCH3 is 1. The second-order valence-corrected chi connectivity index (χ2v) is 10.0. The van der Waals surface area contributed by atoms with Crippen molar-refractivity contribution in [3.8, 4) is 17.2 Å². The van der Waals surface area contributed by atoms with E-state index in [1.807, 2.05) is 38.8 Å². The van der Waals surface area contributed by atoms with Gasteiger partial charge in [0.1, 0.15) is 11.6 Å². The molecule has 218 valence electrons. The number of benzene rings is 2. The maximum Gasteiger partial charge on any atom is 0.197 e. The van der Waals surface area contributed by atoms with Crippen LogP contribution in [0.15, 0.2) is 18.2 Å². The summed E-state index contributed by atoms with van der Waals surface area (Å²) in [6.45, 7) is 10.7. The second kappa shape index (κ2) is 14.1. The van der Waals surface area contributed by atoms with Gasteiger partial charge in [-0.25, -0.2) is 4.39 Å². The van der Waals surface area contributed by atoms with E-state index in [2.05, 4.69) is 0 Å². The summed E-state index contributed by atoms with van der Waals surface area (Å²) in [4.78, 5) is 16.9. The molecule has 0 aromatic heterocycles. The largest absolute Gasteiger partial charge is 0.494 e. The summed E-state index contributed by atoms with van der Waals surface area (Å²) in [6, 6.07) is 5.27. The number of ether oxygens (including phenoxy) is 3. The molecule has 1 aliphatic heterocycles. The molecule has 0 spiro atoms. The first-order chi connectivity index (χ1) is 17.5. The van der Waals surface area contributed by atoms with Crippen LogP contribution in [0.3, 0.4) is 0 Å². The molecule has 8 nitrogen and oxygen atoms in total. The highest BCUT2D eigenvalue weighted by Crippen LogP contribution is 2.41. The molecule has 39 heavy (non-hydrogen) atoms. The molecular formula is C28H40Cl2FN3O5. The van der Waals surface area contributed by atoms with Crippen LogP contribution in [0, 0.1) is 11.2 Å². The van der Waals surface area contributed by atoms with Gasteiger partial charge in [0.2, 0.25) is 0 Å². The first kappa shape index (κ1) is 34.3. The van der Waals surface area contributed by atoms with Gasteiger partial charge in [0.25, 0.3) is 0 Å². The minimum absolute atomic E-state index is 0. The summed E-state index contributed by atoms with van der Waals surface area (Å²) in [5, 5.41) is 18.1. The molecular weight excluding hydrogens is 548 g/mol. The van der Waals surface area contributed by atoms with Crippen LogP contribution in [0.1, 0.15) is 61.7 Å². The third-order valence-electron chi connectivity index (χ3n) is 6.36. The molecule has 0 saturated heterocycles. The second-order valence-electron chi connectivity index (χ2n) is 10.0. The number of aliphatic hydroxyl groups excluding tert-OH is 1. The van der Waals surface area contributed by atoms with Crippen molar-refractivity contribution in [2.24, 2.45) is 0 Å². The Hall–Kier alpha value is -2.75. The van der Waals surface area contributed by atoms with Crippen LogP contribution in [0.5, 0.6) is 17.2 Å². The number of aliphatic hydroxyl groups is 1. The van der Waals surface area contributed by atoms with E-state index in [1.165, 1.54) is 0 Å². The van der Waals surface area contributed by atoms with E-state index in [9.17, 15) is 9.90 Å². The minimum Gasteiger partial charge on any atom is -0.494 e. The molecule has 2 aromatic carbocycles. The van der Waals surface area contributed by atoms with Gasteiger partial charge in [-0.15, -0.1) is 24.8 Å². The Bertz CT molecular complexity index is 1190. The van der Waals surface area contributed by atoms with Gasteiger partial charge in [-0.3, -0.25) is 10.2 Å². The number of ketones is 1. The average Bonchev–Trinajstić information content (AvgIpc) is 3.15. The molecule has 2 aromatic rings. The molecule has 0 amide bonds. The number of nitrogens with zero attached hydrogens (tertiary/aromatic N) is 2. The van der Waals surface area contributed by atoms with Gasteiger partial charge < -0.3 is 29.1 Å². The van der Waals surface area contributed by atoms with E-state index in [0.717, 1.165) is 5.56 Å². The number of Topliss-reactive ketones (excluding diaryl/α,β-unsaturated/α-hetero) is 1. The van der Waals surface area contributed by atoms with E-state index in [-0.39, 0.29) is 79.5 Å². The fourth-order valence-electron chi connectivity index (χ4n) is 4.52. The van der Waals surface area contributed by atoms with Crippen LogP contribution in [0.4, 0.5) is 10.1 Å². The summed E-state index contributed by atoms with van der Waals surface area (Å²) < 4.78 is 32.2. The molecule has 0 radical (unpaired) electrons. The third-order valence-corrected chi connectivity index (χ3v) is 6.36. The molecule has 0 aliphatic carbocycles. The van der Waals surface area contributed by atoms with Crippen LogP contribution in [0.2, 0.25) is 0 Å². The van der Waals surface area contributed by atoms with Crippen LogP contribution >= 0.6 is 24.8 Å². The molecule has 3 rings (SSSR count). The lowest BCUT2D eigenvalue weighted by molar-refractivity contribution is 0.0962. The Balaban J connectivity index is 0.00000380. The third kappa shape index (κ3) is 7.07. The molecule has 0 saturated carbocycles. The van der Waals surface area contributed by atoms with Gasteiger partial charge in [-0.1, -0.05) is 20.8 Å². The van der Waals surface area contributed by atoms with Crippen molar-refractivity contribution >= 4 is 42.1 Å². The summed E-state index contributed by atoms with van der Waals surface area (Å²) >= 11 is 0. The topological polar surface area (TPSA) is 95.3 Å². The van der Waals surface area contributed by atoms with E-state index in [4.69, 9.17) is 19.6 Å². The zero-order chi connectivity index (χ0) is 27.5. The van der Waals surface area contributed by atoms with E-state index < -0.39 is 5.82 Å². The Morgan fingerprint density at radius 1 is 1.13 bits per heavy atom. The van der Waals surface area contributed by atoms with E-state index in [1.54, 1.807) is 38.0 Å². The van der Waals surface area contributed by atoms with Crippen molar-refractivity contribution in [3.63, 3.8) is 0 Å². The first-order valence-corrected chi connectivity index (χ1v) is 12.5. The molecule has 0 bridgehead atoms. The number of fused-ring (bicyclic) bond motifs is 1. The quantitative estimate of drug-likeness (QED) is 0.348. The van der Waals surface area contributed by atoms with Crippen LogP contribution in [-0.4, -0.2) is 68.7 Å². The van der Waals surface area contributed by atoms with Crippen molar-refractivity contribution in [2.75, 3.05) is 52.0 Å². The van der Waals surface area contributed by atoms with Crippen molar-refractivity contribution < 1.29 is 28.5 Å². The number of hydrogen-bond acceptors (Lipinski definition) is 7. The lowest BCUT2D eigenvalue weighted by atomic mass is 9.84. The Labute approximate surface area is 242 Å². The number of likely N-dealkylation sites (N-methyl/N-ethyl adjacent to an activating group) is 1. The molecule has 11 heteroatoms. The number of halogens is 3. The lowest BCUT2D eigenvalue weighted by Gasteiger charge is -2.29. The predicted octanol–water partition coefficient (Wildman–Crippen LogP) is 5.23. The maximum absolute atomic E-state index is 15.4. The van der Waals surface area contributed by atoms with Gasteiger partial charge in [-0.05, 0) is 43.0 Å². The van der Waals surface area contributed by atoms with Gasteiger partial charge in [0, 0.05) is 31.3 Å². The molecule has 0 fully saturated rings. The number of nitrogens with one attached hydrogen (secondary N) is 1. The monoisotopic (exact) mass is 587 g/mol. The number of amidine groups is 1. The maximum atomic E-state index is 15.4. The average molecular weight is 589 g/mol. The minimum atomic E-state index is -0.643. The van der Waals surface area contributed by atoms with Crippen molar-refractivity contribution in [1.82, 2.24) is 4.90 Å². The number of rotatable bonds is 11. The Morgan fingerprint density at radius 3 is 2.31 bits per heavy atom. The Morgan fingerprint density at radius 2 is 1.77 bits per heavy atom. The lowest BCUT2D eigenvalue weighted by Crippen LogP contribution is -2.31. The summed E-state index contributed by atoms with van der Waals surface area (Å²) in [6.07, 6.45) is 0. The van der Waals surface area contributed by atoms with Gasteiger partial charge >= 0.3 is 0 Å². The number of carbonyl (C=O) groups is 1. The molecule has 2 N–H and O–H groups in total. The van der Waals surface area contributed by atoms with Gasteiger partial charge in [0.15, 0.2) is 23.1 Å². The van der Waals surface area contributed by atoms with E-state index in [0.29, 0.717) is 41.5 Å². The zero-order valence-electron chi connectivity index (χ0n) is 23.6. The van der Waals surface area contributed by atoms with Crippen LogP contribution in [-0.2, 0) is 12.0 Å². The molecule has 0 unspecified atom stereocenters. The van der Waals surface area contributed by atoms with Crippen molar-refractivity contribution in [2.45, 2.75) is 46.6 Å². The SMILES string of the molecule is CCOc1cc2c(c(F)c1OCC)C(=N)N(CC(=O)c1cc(N(C)CCO)c(OC)c(C(C)(C)C)c1)C2.Cl.Cl. The molecule has 0 atom stereocenters. The molecule has 1 aliphatic rings. The molecule has 1 heterocycles. The predicted molar refractivity (Wildman–Crippen MR) is 157 cm³/mol. The highest BCUT2D eigenvalue weighted by molar-refractivity contribution is 6.06. The van der Waals surface area contributed by atoms with Crippen molar-refractivity contribution in [3.05, 3.63) is 46.3 Å². The van der Waals surface area contributed by atoms with E-state index >= 15 is 4.39 Å². The highest BCUT2D eigenvalue weighted by Gasteiger charge is 2.34. The number of anilines is 1. The fraction of sp³-hybridized carbons (Fsp3) is 0.500.